The van der Waals surface area contributed by atoms with E-state index >= 15 is 0 Å². The quantitative estimate of drug-likeness (QED) is 0.795. The Morgan fingerprint density at radius 3 is 2.59 bits per heavy atom. The molecule has 1 aliphatic heterocycles. The molecule has 0 unspecified atom stereocenters. The van der Waals surface area contributed by atoms with Gasteiger partial charge in [0.2, 0.25) is 0 Å². The van der Waals surface area contributed by atoms with Gasteiger partial charge in [-0.05, 0) is 43.7 Å². The number of benzene rings is 1. The van der Waals surface area contributed by atoms with E-state index in [0.717, 1.165) is 48.4 Å². The molecule has 0 spiro atoms. The molecular formula is C17H26BrN3O. The molecule has 1 heterocycles. The maximum atomic E-state index is 12.3. The van der Waals surface area contributed by atoms with Crippen LogP contribution in [0.5, 0.6) is 0 Å². The number of amides is 2. The minimum atomic E-state index is 0.00920. The molecule has 1 aromatic carbocycles. The normalized spacial score (nSPS) is 15.9. The SMILES string of the molecule is CCCCCN1CCN(C(=O)Nc2ccc(Br)c(C)c2)CC1. The van der Waals surface area contributed by atoms with Crippen molar-refractivity contribution in [2.45, 2.75) is 33.1 Å². The maximum absolute atomic E-state index is 12.3. The summed E-state index contributed by atoms with van der Waals surface area (Å²) >= 11 is 3.48. The van der Waals surface area contributed by atoms with Crippen molar-refractivity contribution in [3.05, 3.63) is 28.2 Å². The van der Waals surface area contributed by atoms with Crippen LogP contribution in [0.25, 0.3) is 0 Å². The standard InChI is InChI=1S/C17H26BrN3O/c1-3-4-5-8-20-9-11-21(12-10-20)17(22)19-15-6-7-16(18)14(2)13-15/h6-7,13H,3-5,8-12H2,1-2H3,(H,19,22). The Hall–Kier alpha value is -1.07. The Kier molecular flexibility index (Phi) is 6.70. The summed E-state index contributed by atoms with van der Waals surface area (Å²) in [6, 6.07) is 5.89. The van der Waals surface area contributed by atoms with Gasteiger partial charge in [0.1, 0.15) is 0 Å². The molecule has 1 aromatic rings. The van der Waals surface area contributed by atoms with E-state index in [0.29, 0.717) is 0 Å². The zero-order valence-electron chi connectivity index (χ0n) is 13.6. The number of nitrogens with one attached hydrogen (secondary N) is 1. The van der Waals surface area contributed by atoms with Gasteiger partial charge >= 0.3 is 6.03 Å². The Morgan fingerprint density at radius 1 is 1.23 bits per heavy atom. The van der Waals surface area contributed by atoms with E-state index in [-0.39, 0.29) is 6.03 Å². The first kappa shape index (κ1) is 17.3. The number of halogens is 1. The van der Waals surface area contributed by atoms with Gasteiger partial charge in [-0.3, -0.25) is 4.90 Å². The Morgan fingerprint density at radius 2 is 1.95 bits per heavy atom. The summed E-state index contributed by atoms with van der Waals surface area (Å²) < 4.78 is 1.06. The van der Waals surface area contributed by atoms with Gasteiger partial charge in [-0.15, -0.1) is 0 Å². The number of aryl methyl sites for hydroxylation is 1. The van der Waals surface area contributed by atoms with E-state index in [9.17, 15) is 4.79 Å². The van der Waals surface area contributed by atoms with Crippen LogP contribution in [0.2, 0.25) is 0 Å². The van der Waals surface area contributed by atoms with Crippen LogP contribution in [-0.2, 0) is 0 Å². The molecule has 0 atom stereocenters. The molecule has 1 aliphatic rings. The Balaban J connectivity index is 1.78. The highest BCUT2D eigenvalue weighted by molar-refractivity contribution is 9.10. The first-order valence-electron chi connectivity index (χ1n) is 8.14. The molecule has 0 saturated carbocycles. The zero-order valence-corrected chi connectivity index (χ0v) is 15.2. The number of unbranched alkanes of at least 4 members (excludes halogenated alkanes) is 2. The van der Waals surface area contributed by atoms with Crippen molar-refractivity contribution in [1.82, 2.24) is 9.80 Å². The molecule has 4 nitrogen and oxygen atoms in total. The number of hydrogen-bond acceptors (Lipinski definition) is 2. The average Bonchev–Trinajstić information content (AvgIpc) is 2.52. The summed E-state index contributed by atoms with van der Waals surface area (Å²) in [6.45, 7) is 9.00. The van der Waals surface area contributed by atoms with E-state index in [2.05, 4.69) is 33.1 Å². The zero-order chi connectivity index (χ0) is 15.9. The second-order valence-electron chi connectivity index (χ2n) is 5.93. The Bertz CT molecular complexity index is 499. The minimum absolute atomic E-state index is 0.00920. The summed E-state index contributed by atoms with van der Waals surface area (Å²) in [4.78, 5) is 16.7. The first-order valence-corrected chi connectivity index (χ1v) is 8.94. The van der Waals surface area contributed by atoms with Gasteiger partial charge in [-0.2, -0.15) is 0 Å². The second kappa shape index (κ2) is 8.53. The van der Waals surface area contributed by atoms with Gasteiger partial charge in [-0.1, -0.05) is 35.7 Å². The van der Waals surface area contributed by atoms with Gasteiger partial charge in [-0.25, -0.2) is 4.79 Å². The van der Waals surface area contributed by atoms with E-state index in [4.69, 9.17) is 0 Å². The topological polar surface area (TPSA) is 35.6 Å². The van der Waals surface area contributed by atoms with Gasteiger partial charge in [0.05, 0.1) is 0 Å². The summed E-state index contributed by atoms with van der Waals surface area (Å²) in [7, 11) is 0. The van der Waals surface area contributed by atoms with Crippen LogP contribution in [-0.4, -0.2) is 48.6 Å². The summed E-state index contributed by atoms with van der Waals surface area (Å²) in [5, 5.41) is 2.99. The van der Waals surface area contributed by atoms with Crippen LogP contribution < -0.4 is 5.32 Å². The van der Waals surface area contributed by atoms with E-state index in [1.807, 2.05) is 30.0 Å². The van der Waals surface area contributed by atoms with Crippen molar-refractivity contribution in [2.75, 3.05) is 38.0 Å². The molecule has 2 rings (SSSR count). The highest BCUT2D eigenvalue weighted by Crippen LogP contribution is 2.20. The van der Waals surface area contributed by atoms with E-state index < -0.39 is 0 Å². The van der Waals surface area contributed by atoms with Gasteiger partial charge < -0.3 is 10.2 Å². The molecule has 1 saturated heterocycles. The number of carbonyl (C=O) groups excluding carboxylic acids is 1. The monoisotopic (exact) mass is 367 g/mol. The number of nitrogens with zero attached hydrogens (tertiary/aromatic N) is 2. The number of hydrogen-bond donors (Lipinski definition) is 1. The molecular weight excluding hydrogens is 342 g/mol. The molecule has 0 radical (unpaired) electrons. The highest BCUT2D eigenvalue weighted by atomic mass is 79.9. The molecule has 22 heavy (non-hydrogen) atoms. The van der Waals surface area contributed by atoms with Crippen molar-refractivity contribution >= 4 is 27.6 Å². The summed E-state index contributed by atoms with van der Waals surface area (Å²) in [6.07, 6.45) is 3.82. The predicted molar refractivity (Wildman–Crippen MR) is 95.4 cm³/mol. The van der Waals surface area contributed by atoms with Crippen LogP contribution in [0.15, 0.2) is 22.7 Å². The predicted octanol–water partition coefficient (Wildman–Crippen LogP) is 4.10. The third kappa shape index (κ3) is 4.99. The molecule has 0 aromatic heterocycles. The number of piperazine rings is 1. The molecule has 0 aliphatic carbocycles. The molecule has 1 N–H and O–H groups in total. The number of rotatable bonds is 5. The van der Waals surface area contributed by atoms with Crippen LogP contribution in [0, 0.1) is 6.92 Å². The number of anilines is 1. The van der Waals surface area contributed by atoms with Gasteiger partial charge in [0, 0.05) is 36.3 Å². The van der Waals surface area contributed by atoms with Gasteiger partial charge in [0.25, 0.3) is 0 Å². The third-order valence-electron chi connectivity index (χ3n) is 4.15. The van der Waals surface area contributed by atoms with E-state index in [1.54, 1.807) is 0 Å². The second-order valence-corrected chi connectivity index (χ2v) is 6.78. The average molecular weight is 368 g/mol. The minimum Gasteiger partial charge on any atom is -0.322 e. The van der Waals surface area contributed by atoms with Crippen LogP contribution in [0.3, 0.4) is 0 Å². The molecule has 2 amide bonds. The van der Waals surface area contributed by atoms with Crippen molar-refractivity contribution in [3.63, 3.8) is 0 Å². The van der Waals surface area contributed by atoms with Crippen LogP contribution in [0.1, 0.15) is 31.7 Å². The molecule has 122 valence electrons. The lowest BCUT2D eigenvalue weighted by molar-refractivity contribution is 0.146. The number of carbonyl (C=O) groups is 1. The number of urea groups is 1. The fraction of sp³-hybridized carbons (Fsp3) is 0.588. The van der Waals surface area contributed by atoms with Crippen LogP contribution in [0.4, 0.5) is 10.5 Å². The van der Waals surface area contributed by atoms with E-state index in [1.165, 1.54) is 19.3 Å². The smallest absolute Gasteiger partial charge is 0.321 e. The lowest BCUT2D eigenvalue weighted by atomic mass is 10.2. The first-order chi connectivity index (χ1) is 10.6. The lowest BCUT2D eigenvalue weighted by Crippen LogP contribution is -2.50. The Labute approximate surface area is 142 Å². The molecule has 5 heteroatoms. The summed E-state index contributed by atoms with van der Waals surface area (Å²) in [5.74, 6) is 0. The largest absolute Gasteiger partial charge is 0.322 e. The van der Waals surface area contributed by atoms with Crippen LogP contribution >= 0.6 is 15.9 Å². The fourth-order valence-corrected chi connectivity index (χ4v) is 2.93. The van der Waals surface area contributed by atoms with Crippen molar-refractivity contribution in [3.8, 4) is 0 Å². The fourth-order valence-electron chi connectivity index (χ4n) is 2.68. The molecule has 1 fully saturated rings. The summed E-state index contributed by atoms with van der Waals surface area (Å²) in [5.41, 5.74) is 1.98. The third-order valence-corrected chi connectivity index (χ3v) is 5.04. The van der Waals surface area contributed by atoms with Crippen molar-refractivity contribution in [1.29, 1.82) is 0 Å². The van der Waals surface area contributed by atoms with Crippen molar-refractivity contribution < 1.29 is 4.79 Å². The van der Waals surface area contributed by atoms with Gasteiger partial charge in [0.15, 0.2) is 0 Å². The molecule has 0 bridgehead atoms. The lowest BCUT2D eigenvalue weighted by Gasteiger charge is -2.34. The highest BCUT2D eigenvalue weighted by Gasteiger charge is 2.20. The van der Waals surface area contributed by atoms with Crippen molar-refractivity contribution in [2.24, 2.45) is 0 Å². The maximum Gasteiger partial charge on any atom is 0.321 e.